The van der Waals surface area contributed by atoms with E-state index in [1.807, 2.05) is 0 Å². The van der Waals surface area contributed by atoms with Crippen LogP contribution in [0.25, 0.3) is 0 Å². The van der Waals surface area contributed by atoms with Crippen molar-refractivity contribution in [1.29, 1.82) is 0 Å². The molecule has 0 aromatic rings. The second-order valence-electron chi connectivity index (χ2n) is 2.92. The molecule has 1 unspecified atom stereocenters. The molecule has 0 spiro atoms. The zero-order valence-electron chi connectivity index (χ0n) is 8.31. The van der Waals surface area contributed by atoms with Crippen molar-refractivity contribution in [1.82, 2.24) is 0 Å². The second kappa shape index (κ2) is 10.2. The van der Waals surface area contributed by atoms with Crippen molar-refractivity contribution in [2.75, 3.05) is 0 Å². The predicted molar refractivity (Wildman–Crippen MR) is 47.1 cm³/mol. The Bertz CT molecular complexity index is 117. The van der Waals surface area contributed by atoms with Gasteiger partial charge in [-0.3, -0.25) is 0 Å². The van der Waals surface area contributed by atoms with Crippen molar-refractivity contribution in [3.8, 4) is 0 Å². The number of ketones is 1. The third-order valence-corrected chi connectivity index (χ3v) is 1.78. The minimum absolute atomic E-state index is 0. The van der Waals surface area contributed by atoms with E-state index in [1.54, 1.807) is 0 Å². The maximum absolute atomic E-state index is 10.6. The minimum Gasteiger partial charge on any atom is -0.338 e. The average molecular weight is 195 g/mol. The number of unbranched alkanes of at least 4 members (excludes halogenated alkanes) is 3. The van der Waals surface area contributed by atoms with Gasteiger partial charge in [0.25, 0.3) is 0 Å². The van der Waals surface area contributed by atoms with E-state index < -0.39 is 0 Å². The van der Waals surface area contributed by atoms with E-state index in [0.717, 1.165) is 12.8 Å². The molecule has 0 fully saturated rings. The Morgan fingerprint density at radius 1 is 1.42 bits per heavy atom. The van der Waals surface area contributed by atoms with Crippen LogP contribution in [0.2, 0.25) is 0 Å². The number of Topliss-reactive ketones (excluding diaryl/α,β-unsaturated/α-hetero) is 1. The van der Waals surface area contributed by atoms with Crippen molar-refractivity contribution in [2.45, 2.75) is 45.1 Å². The molecule has 0 aliphatic carbocycles. The Morgan fingerprint density at radius 3 is 2.42 bits per heavy atom. The molecule has 2 N–H and O–H groups in total. The molecule has 1 atom stereocenters. The summed E-state index contributed by atoms with van der Waals surface area (Å²) in [5, 5.41) is 0. The molecule has 0 radical (unpaired) electrons. The number of hydrogen-bond donors (Lipinski definition) is 1. The maximum atomic E-state index is 10.6. The standard InChI is InChI=1S/C9H18NO.K/c1-3-4-5-6-7-9(10)8(2)11;/h9H,2-7,10H2,1H3;/q-1;+1. The third-order valence-electron chi connectivity index (χ3n) is 1.78. The van der Waals surface area contributed by atoms with Gasteiger partial charge in [0, 0.05) is 11.8 Å². The normalized spacial score (nSPS) is 11.8. The summed E-state index contributed by atoms with van der Waals surface area (Å²) in [7, 11) is 0. The van der Waals surface area contributed by atoms with E-state index in [2.05, 4.69) is 13.8 Å². The van der Waals surface area contributed by atoms with Gasteiger partial charge in [0.1, 0.15) is 0 Å². The van der Waals surface area contributed by atoms with E-state index >= 15 is 0 Å². The molecule has 66 valence electrons. The number of rotatable bonds is 6. The van der Waals surface area contributed by atoms with Crippen molar-refractivity contribution >= 4 is 5.78 Å². The Balaban J connectivity index is 0. The fourth-order valence-electron chi connectivity index (χ4n) is 0.952. The predicted octanol–water partition coefficient (Wildman–Crippen LogP) is -1.31. The fraction of sp³-hybridized carbons (Fsp3) is 0.778. The van der Waals surface area contributed by atoms with Gasteiger partial charge in [-0.2, -0.15) is 0 Å². The molecule has 0 saturated heterocycles. The summed E-state index contributed by atoms with van der Waals surface area (Å²) in [6.45, 7) is 5.43. The smallest absolute Gasteiger partial charge is 0.338 e. The van der Waals surface area contributed by atoms with E-state index in [-0.39, 0.29) is 63.2 Å². The van der Waals surface area contributed by atoms with Gasteiger partial charge in [0.2, 0.25) is 0 Å². The van der Waals surface area contributed by atoms with Gasteiger partial charge < -0.3 is 17.5 Å². The van der Waals surface area contributed by atoms with E-state index in [4.69, 9.17) is 5.73 Å². The second-order valence-corrected chi connectivity index (χ2v) is 2.92. The summed E-state index contributed by atoms with van der Waals surface area (Å²) in [6.07, 6.45) is 5.47. The topological polar surface area (TPSA) is 43.1 Å². The van der Waals surface area contributed by atoms with Crippen LogP contribution in [0.5, 0.6) is 0 Å². The molecule has 0 aromatic carbocycles. The van der Waals surface area contributed by atoms with E-state index in [1.165, 1.54) is 19.3 Å². The van der Waals surface area contributed by atoms with Gasteiger partial charge in [-0.25, -0.2) is 0 Å². The maximum Gasteiger partial charge on any atom is 1.00 e. The molecule has 0 rings (SSSR count). The molecule has 0 heterocycles. The summed E-state index contributed by atoms with van der Waals surface area (Å²) >= 11 is 0. The van der Waals surface area contributed by atoms with Crippen molar-refractivity contribution < 1.29 is 56.2 Å². The quantitative estimate of drug-likeness (QED) is 0.325. The van der Waals surface area contributed by atoms with Crippen LogP contribution in [0, 0.1) is 6.92 Å². The van der Waals surface area contributed by atoms with Crippen LogP contribution in [0.3, 0.4) is 0 Å². The molecular weight excluding hydrogens is 177 g/mol. The summed E-state index contributed by atoms with van der Waals surface area (Å²) in [5.74, 6) is -0.138. The summed E-state index contributed by atoms with van der Waals surface area (Å²) < 4.78 is 0. The van der Waals surface area contributed by atoms with Crippen LogP contribution in [0.4, 0.5) is 0 Å². The molecule has 0 aliphatic heterocycles. The van der Waals surface area contributed by atoms with Gasteiger partial charge in [-0.15, -0.1) is 0 Å². The van der Waals surface area contributed by atoms with Crippen molar-refractivity contribution in [3.63, 3.8) is 0 Å². The first-order valence-corrected chi connectivity index (χ1v) is 4.30. The number of carbonyl (C=O) groups is 1. The summed E-state index contributed by atoms with van der Waals surface area (Å²) in [4.78, 5) is 10.6. The van der Waals surface area contributed by atoms with Crippen LogP contribution >= 0.6 is 0 Å². The van der Waals surface area contributed by atoms with Crippen LogP contribution in [0.15, 0.2) is 0 Å². The monoisotopic (exact) mass is 195 g/mol. The molecule has 3 heteroatoms. The molecule has 0 aromatic heterocycles. The SMILES string of the molecule is [CH2-]C(=O)C(N)CCCCCC.[K+]. The molecular formula is C9H18KNO. The molecule has 0 bridgehead atoms. The third kappa shape index (κ3) is 9.23. The van der Waals surface area contributed by atoms with Gasteiger partial charge in [0.15, 0.2) is 0 Å². The zero-order valence-corrected chi connectivity index (χ0v) is 11.4. The van der Waals surface area contributed by atoms with Gasteiger partial charge >= 0.3 is 51.4 Å². The average Bonchev–Trinajstić information content (AvgIpc) is 1.97. The van der Waals surface area contributed by atoms with E-state index in [0.29, 0.717) is 0 Å². The number of carbonyl (C=O) groups excluding carboxylic acids is 1. The van der Waals surface area contributed by atoms with Crippen molar-refractivity contribution in [2.24, 2.45) is 5.73 Å². The van der Waals surface area contributed by atoms with Crippen LogP contribution < -0.4 is 57.1 Å². The first-order chi connectivity index (χ1) is 5.18. The Morgan fingerprint density at radius 2 is 2.00 bits per heavy atom. The fourth-order valence-corrected chi connectivity index (χ4v) is 0.952. The molecule has 0 amide bonds. The number of nitrogens with two attached hydrogens (primary N) is 1. The van der Waals surface area contributed by atoms with Crippen LogP contribution in [-0.2, 0) is 4.79 Å². The van der Waals surface area contributed by atoms with Crippen LogP contribution in [0.1, 0.15) is 39.0 Å². The van der Waals surface area contributed by atoms with E-state index in [9.17, 15) is 4.79 Å². The Hall–Kier alpha value is 1.14. The molecule has 12 heavy (non-hydrogen) atoms. The Labute approximate surface area is 118 Å². The van der Waals surface area contributed by atoms with Crippen molar-refractivity contribution in [3.05, 3.63) is 6.92 Å². The number of hydrogen-bond acceptors (Lipinski definition) is 2. The first kappa shape index (κ1) is 15.6. The van der Waals surface area contributed by atoms with Gasteiger partial charge in [-0.05, 0) is 6.42 Å². The van der Waals surface area contributed by atoms with Crippen LogP contribution in [-0.4, -0.2) is 11.8 Å². The Kier molecular flexibility index (Phi) is 13.3. The molecule has 2 nitrogen and oxygen atoms in total. The molecule has 0 saturated carbocycles. The first-order valence-electron chi connectivity index (χ1n) is 4.30. The summed E-state index contributed by atoms with van der Waals surface area (Å²) in [5.41, 5.74) is 5.49. The molecule has 0 aliphatic rings. The largest absolute Gasteiger partial charge is 1.00 e. The van der Waals surface area contributed by atoms with Gasteiger partial charge in [0.05, 0.1) is 0 Å². The summed E-state index contributed by atoms with van der Waals surface area (Å²) in [6, 6.07) is -0.327. The minimum atomic E-state index is -0.327. The van der Waals surface area contributed by atoms with Gasteiger partial charge in [-0.1, -0.05) is 32.6 Å². The zero-order chi connectivity index (χ0) is 8.69.